The maximum Gasteiger partial charge on any atom is 0.232 e. The number of ether oxygens (including phenoxy) is 1. The number of anilines is 1. The van der Waals surface area contributed by atoms with Crippen LogP contribution >= 0.6 is 0 Å². The van der Waals surface area contributed by atoms with Crippen LogP contribution in [-0.4, -0.2) is 25.5 Å². The lowest BCUT2D eigenvalue weighted by Gasteiger charge is -2.21. The van der Waals surface area contributed by atoms with Crippen LogP contribution in [0.25, 0.3) is 0 Å². The van der Waals surface area contributed by atoms with E-state index in [0.29, 0.717) is 18.0 Å². The number of benzene rings is 1. The average Bonchev–Trinajstić information content (AvgIpc) is 2.71. The molecule has 1 aromatic carbocycles. The Balaban J connectivity index is 2.14. The van der Waals surface area contributed by atoms with Gasteiger partial charge < -0.3 is 15.4 Å². The van der Waals surface area contributed by atoms with Crippen molar-refractivity contribution in [1.29, 1.82) is 0 Å². The number of carbonyl (C=O) groups excluding carboxylic acids is 2. The molecule has 0 saturated carbocycles. The molecule has 1 unspecified atom stereocenters. The monoisotopic (exact) mass is 248 g/mol. The molecule has 5 heteroatoms. The molecule has 0 aliphatic carbocycles. The van der Waals surface area contributed by atoms with E-state index in [1.807, 2.05) is 12.1 Å². The molecule has 1 aromatic rings. The molecule has 1 aliphatic heterocycles. The number of hydrogen-bond donors (Lipinski definition) is 2. The predicted octanol–water partition coefficient (Wildman–Crippen LogP) is 1.16. The number of amides is 2. The van der Waals surface area contributed by atoms with E-state index in [-0.39, 0.29) is 18.2 Å². The first-order chi connectivity index (χ1) is 8.55. The van der Waals surface area contributed by atoms with Gasteiger partial charge in [0.1, 0.15) is 5.75 Å². The molecule has 0 aromatic heterocycles. The number of rotatable bonds is 3. The van der Waals surface area contributed by atoms with Crippen LogP contribution in [0.5, 0.6) is 5.75 Å². The fourth-order valence-electron chi connectivity index (χ4n) is 1.95. The lowest BCUT2D eigenvalue weighted by atomic mass is 9.88. The van der Waals surface area contributed by atoms with E-state index in [2.05, 4.69) is 10.6 Å². The highest BCUT2D eigenvalue weighted by molar-refractivity contribution is 6.00. The lowest BCUT2D eigenvalue weighted by molar-refractivity contribution is -0.126. The van der Waals surface area contributed by atoms with E-state index >= 15 is 0 Å². The van der Waals surface area contributed by atoms with Gasteiger partial charge in [-0.3, -0.25) is 9.59 Å². The Hall–Kier alpha value is -2.04. The molecule has 1 aliphatic rings. The summed E-state index contributed by atoms with van der Waals surface area (Å²) in [6.07, 6.45) is 0.216. The van der Waals surface area contributed by atoms with Crippen LogP contribution in [0.2, 0.25) is 0 Å². The first-order valence-electron chi connectivity index (χ1n) is 5.76. The minimum Gasteiger partial charge on any atom is -0.495 e. The van der Waals surface area contributed by atoms with Gasteiger partial charge in [0.05, 0.1) is 18.2 Å². The molecular formula is C13H16N2O3. The van der Waals surface area contributed by atoms with Crippen LogP contribution in [0.15, 0.2) is 24.3 Å². The second kappa shape index (κ2) is 4.68. The molecule has 18 heavy (non-hydrogen) atoms. The normalized spacial score (nSPS) is 22.4. The Morgan fingerprint density at radius 3 is 2.78 bits per heavy atom. The Kier molecular flexibility index (Phi) is 3.23. The largest absolute Gasteiger partial charge is 0.495 e. The lowest BCUT2D eigenvalue weighted by Crippen LogP contribution is -2.35. The highest BCUT2D eigenvalue weighted by Gasteiger charge is 2.40. The summed E-state index contributed by atoms with van der Waals surface area (Å²) in [6, 6.07) is 7.19. The minimum atomic E-state index is -0.696. The second-order valence-electron chi connectivity index (χ2n) is 4.67. The summed E-state index contributed by atoms with van der Waals surface area (Å²) in [7, 11) is 1.55. The summed E-state index contributed by atoms with van der Waals surface area (Å²) < 4.78 is 5.17. The van der Waals surface area contributed by atoms with Crippen LogP contribution in [0.4, 0.5) is 5.69 Å². The highest BCUT2D eigenvalue weighted by atomic mass is 16.5. The molecule has 2 amide bonds. The maximum absolute atomic E-state index is 12.2. The van der Waals surface area contributed by atoms with Crippen molar-refractivity contribution in [3.05, 3.63) is 24.3 Å². The van der Waals surface area contributed by atoms with Gasteiger partial charge in [-0.1, -0.05) is 12.1 Å². The standard InChI is InChI=1S/C13H16N2O3/c1-13(7-11(16)14-8-13)12(17)15-9-5-3-4-6-10(9)18-2/h3-6H,7-8H2,1-2H3,(H,14,16)(H,15,17). The van der Waals surface area contributed by atoms with E-state index in [9.17, 15) is 9.59 Å². The van der Waals surface area contributed by atoms with Crippen LogP contribution in [0.1, 0.15) is 13.3 Å². The van der Waals surface area contributed by atoms with E-state index in [1.54, 1.807) is 26.2 Å². The van der Waals surface area contributed by atoms with Crippen molar-refractivity contribution in [1.82, 2.24) is 5.32 Å². The minimum absolute atomic E-state index is 0.0901. The van der Waals surface area contributed by atoms with Gasteiger partial charge in [-0.2, -0.15) is 0 Å². The van der Waals surface area contributed by atoms with Crippen molar-refractivity contribution in [2.45, 2.75) is 13.3 Å². The summed E-state index contributed by atoms with van der Waals surface area (Å²) in [4.78, 5) is 23.4. The fourth-order valence-corrected chi connectivity index (χ4v) is 1.95. The summed E-state index contributed by atoms with van der Waals surface area (Å²) in [6.45, 7) is 2.14. The molecule has 0 spiro atoms. The molecule has 2 rings (SSSR count). The maximum atomic E-state index is 12.2. The van der Waals surface area contributed by atoms with Gasteiger partial charge in [0.25, 0.3) is 0 Å². The highest BCUT2D eigenvalue weighted by Crippen LogP contribution is 2.30. The van der Waals surface area contributed by atoms with Gasteiger partial charge in [0, 0.05) is 13.0 Å². The van der Waals surface area contributed by atoms with E-state index in [0.717, 1.165) is 0 Å². The van der Waals surface area contributed by atoms with Crippen molar-refractivity contribution in [2.75, 3.05) is 19.0 Å². The zero-order valence-electron chi connectivity index (χ0n) is 10.4. The number of methoxy groups -OCH3 is 1. The smallest absolute Gasteiger partial charge is 0.232 e. The Morgan fingerprint density at radius 2 is 2.17 bits per heavy atom. The SMILES string of the molecule is COc1ccccc1NC(=O)C1(C)CNC(=O)C1. The Labute approximate surface area is 106 Å². The second-order valence-corrected chi connectivity index (χ2v) is 4.67. The molecule has 2 N–H and O–H groups in total. The van der Waals surface area contributed by atoms with Gasteiger partial charge in [-0.05, 0) is 19.1 Å². The summed E-state index contributed by atoms with van der Waals surface area (Å²) in [5.74, 6) is 0.338. The topological polar surface area (TPSA) is 67.4 Å². The number of nitrogens with one attached hydrogen (secondary N) is 2. The number of hydrogen-bond acceptors (Lipinski definition) is 3. The molecule has 0 bridgehead atoms. The quantitative estimate of drug-likeness (QED) is 0.843. The van der Waals surface area contributed by atoms with Crippen molar-refractivity contribution in [2.24, 2.45) is 5.41 Å². The van der Waals surface area contributed by atoms with Crippen LogP contribution in [0, 0.1) is 5.41 Å². The van der Waals surface area contributed by atoms with Crippen LogP contribution in [-0.2, 0) is 9.59 Å². The third-order valence-electron chi connectivity index (χ3n) is 3.13. The first kappa shape index (κ1) is 12.4. The van der Waals surface area contributed by atoms with Gasteiger partial charge in [0.2, 0.25) is 11.8 Å². The molecule has 1 fully saturated rings. The molecular weight excluding hydrogens is 232 g/mol. The van der Waals surface area contributed by atoms with Crippen LogP contribution in [0.3, 0.4) is 0 Å². The van der Waals surface area contributed by atoms with Gasteiger partial charge in [0.15, 0.2) is 0 Å². The Bertz CT molecular complexity index is 487. The zero-order chi connectivity index (χ0) is 13.2. The number of para-hydroxylation sites is 2. The van der Waals surface area contributed by atoms with Gasteiger partial charge in [-0.15, -0.1) is 0 Å². The predicted molar refractivity (Wildman–Crippen MR) is 67.4 cm³/mol. The summed E-state index contributed by atoms with van der Waals surface area (Å²) >= 11 is 0. The fraction of sp³-hybridized carbons (Fsp3) is 0.385. The van der Waals surface area contributed by atoms with Gasteiger partial charge >= 0.3 is 0 Å². The molecule has 96 valence electrons. The molecule has 5 nitrogen and oxygen atoms in total. The van der Waals surface area contributed by atoms with Crippen molar-refractivity contribution >= 4 is 17.5 Å². The average molecular weight is 248 g/mol. The van der Waals surface area contributed by atoms with Crippen molar-refractivity contribution < 1.29 is 14.3 Å². The van der Waals surface area contributed by atoms with E-state index < -0.39 is 5.41 Å². The third kappa shape index (κ3) is 2.30. The van der Waals surface area contributed by atoms with Crippen LogP contribution < -0.4 is 15.4 Å². The molecule has 1 saturated heterocycles. The van der Waals surface area contributed by atoms with Gasteiger partial charge in [-0.25, -0.2) is 0 Å². The molecule has 1 atom stereocenters. The van der Waals surface area contributed by atoms with Crippen molar-refractivity contribution in [3.8, 4) is 5.75 Å². The number of carbonyl (C=O) groups is 2. The zero-order valence-corrected chi connectivity index (χ0v) is 10.4. The van der Waals surface area contributed by atoms with E-state index in [1.165, 1.54) is 0 Å². The summed E-state index contributed by atoms with van der Waals surface area (Å²) in [5, 5.41) is 5.48. The van der Waals surface area contributed by atoms with Crippen molar-refractivity contribution in [3.63, 3.8) is 0 Å². The molecule has 1 heterocycles. The van der Waals surface area contributed by atoms with E-state index in [4.69, 9.17) is 4.74 Å². The third-order valence-corrected chi connectivity index (χ3v) is 3.13. The Morgan fingerprint density at radius 1 is 1.44 bits per heavy atom. The summed E-state index contributed by atoms with van der Waals surface area (Å²) in [5.41, 5.74) is -0.0802. The molecule has 0 radical (unpaired) electrons. The first-order valence-corrected chi connectivity index (χ1v) is 5.76.